The molecule has 0 fully saturated rings. The van der Waals surface area contributed by atoms with E-state index in [1.165, 1.54) is 12.1 Å². The van der Waals surface area contributed by atoms with Gasteiger partial charge in [-0.15, -0.1) is 0 Å². The third kappa shape index (κ3) is 4.68. The average molecular weight is 257 g/mol. The molecule has 0 spiro atoms. The highest BCUT2D eigenvalue weighted by Gasteiger charge is 2.07. The number of carboxylic acids is 1. The highest BCUT2D eigenvalue weighted by Crippen LogP contribution is 2.15. The van der Waals surface area contributed by atoms with Crippen LogP contribution in [0, 0.1) is 5.82 Å². The number of aromatic carboxylic acids is 1. The van der Waals surface area contributed by atoms with E-state index >= 15 is 0 Å². The minimum atomic E-state index is -1.15. The number of hydrogen-bond donors (Lipinski definition) is 2. The van der Waals surface area contributed by atoms with Gasteiger partial charge in [0.2, 0.25) is 0 Å². The molecule has 0 saturated heterocycles. The normalized spacial score (nSPS) is 10.3. The zero-order chi connectivity index (χ0) is 13.4. The van der Waals surface area contributed by atoms with Crippen LogP contribution < -0.4 is 5.32 Å². The van der Waals surface area contributed by atoms with Crippen molar-refractivity contribution in [1.82, 2.24) is 0 Å². The Kier molecular flexibility index (Phi) is 6.10. The molecule has 0 amide bonds. The van der Waals surface area contributed by atoms with Crippen molar-refractivity contribution in [1.29, 1.82) is 0 Å². The lowest BCUT2D eigenvalue weighted by Crippen LogP contribution is -2.13. The second-order valence-corrected chi connectivity index (χ2v) is 3.53. The lowest BCUT2D eigenvalue weighted by molar-refractivity contribution is 0.0696. The molecule has 0 aliphatic carbocycles. The highest BCUT2D eigenvalue weighted by atomic mass is 19.1. The summed E-state index contributed by atoms with van der Waals surface area (Å²) in [6.45, 7) is 1.86. The Bertz CT molecular complexity index is 398. The molecule has 18 heavy (non-hydrogen) atoms. The molecule has 1 aromatic rings. The van der Waals surface area contributed by atoms with E-state index in [0.717, 1.165) is 6.07 Å². The van der Waals surface area contributed by atoms with Crippen LogP contribution in [0.5, 0.6) is 0 Å². The number of anilines is 1. The van der Waals surface area contributed by atoms with Gasteiger partial charge in [-0.25, -0.2) is 9.18 Å². The number of hydrogen-bond acceptors (Lipinski definition) is 4. The van der Waals surface area contributed by atoms with Crippen molar-refractivity contribution in [2.45, 2.75) is 0 Å². The van der Waals surface area contributed by atoms with Gasteiger partial charge >= 0.3 is 5.97 Å². The van der Waals surface area contributed by atoms with Crippen molar-refractivity contribution >= 4 is 11.7 Å². The van der Waals surface area contributed by atoms with Crippen LogP contribution in [0.3, 0.4) is 0 Å². The van der Waals surface area contributed by atoms with E-state index in [1.54, 1.807) is 7.11 Å². The number of benzene rings is 1. The number of carboxylic acid groups (broad SMARTS) is 1. The van der Waals surface area contributed by atoms with E-state index < -0.39 is 11.8 Å². The molecule has 0 aromatic heterocycles. The van der Waals surface area contributed by atoms with Crippen molar-refractivity contribution in [3.8, 4) is 0 Å². The third-order valence-corrected chi connectivity index (χ3v) is 2.21. The van der Waals surface area contributed by atoms with Crippen molar-refractivity contribution in [3.63, 3.8) is 0 Å². The van der Waals surface area contributed by atoms with Gasteiger partial charge in [-0.05, 0) is 18.2 Å². The largest absolute Gasteiger partial charge is 0.478 e. The van der Waals surface area contributed by atoms with Crippen molar-refractivity contribution < 1.29 is 23.8 Å². The van der Waals surface area contributed by atoms with E-state index in [2.05, 4.69) is 5.32 Å². The van der Waals surface area contributed by atoms with Crippen molar-refractivity contribution in [2.24, 2.45) is 0 Å². The molecule has 5 nitrogen and oxygen atoms in total. The van der Waals surface area contributed by atoms with Crippen molar-refractivity contribution in [3.05, 3.63) is 29.6 Å². The molecule has 0 heterocycles. The fourth-order valence-corrected chi connectivity index (χ4v) is 1.29. The van der Waals surface area contributed by atoms with Crippen LogP contribution in [-0.2, 0) is 9.47 Å². The quantitative estimate of drug-likeness (QED) is 0.692. The molecule has 0 atom stereocenters. The maximum absolute atomic E-state index is 13.5. The lowest BCUT2D eigenvalue weighted by atomic mass is 10.2. The number of rotatable bonds is 8. The van der Waals surface area contributed by atoms with Crippen LogP contribution in [0.2, 0.25) is 0 Å². The summed E-state index contributed by atoms with van der Waals surface area (Å²) < 4.78 is 23.4. The molecule has 1 rings (SSSR count). The predicted molar refractivity (Wildman–Crippen MR) is 64.5 cm³/mol. The van der Waals surface area contributed by atoms with Gasteiger partial charge in [-0.2, -0.15) is 0 Å². The number of methoxy groups -OCH3 is 1. The van der Waals surface area contributed by atoms with Gasteiger partial charge in [0.1, 0.15) is 5.82 Å². The summed E-state index contributed by atoms with van der Waals surface area (Å²) in [7, 11) is 1.58. The zero-order valence-electron chi connectivity index (χ0n) is 10.1. The third-order valence-electron chi connectivity index (χ3n) is 2.21. The summed E-state index contributed by atoms with van der Waals surface area (Å²) in [5.41, 5.74) is 0.185. The second kappa shape index (κ2) is 7.62. The molecule has 0 radical (unpaired) electrons. The number of nitrogens with one attached hydrogen (secondary N) is 1. The Morgan fingerprint density at radius 3 is 2.78 bits per heavy atom. The maximum atomic E-state index is 13.5. The van der Waals surface area contributed by atoms with Crippen LogP contribution >= 0.6 is 0 Å². The Morgan fingerprint density at radius 2 is 2.17 bits per heavy atom. The summed E-state index contributed by atoms with van der Waals surface area (Å²) in [6.07, 6.45) is 0. The molecular weight excluding hydrogens is 241 g/mol. The SMILES string of the molecule is COCCOCCNc1ccc(C(=O)O)cc1F. The molecule has 0 unspecified atom stereocenters. The van der Waals surface area contributed by atoms with Crippen molar-refractivity contribution in [2.75, 3.05) is 38.8 Å². The Balaban J connectivity index is 2.36. The predicted octanol–water partition coefficient (Wildman–Crippen LogP) is 1.60. The first-order valence-electron chi connectivity index (χ1n) is 5.48. The lowest BCUT2D eigenvalue weighted by Gasteiger charge is -2.08. The number of carbonyl (C=O) groups is 1. The molecular formula is C12H16FNO4. The summed E-state index contributed by atoms with van der Waals surface area (Å²) in [5.74, 6) is -1.74. The van der Waals surface area contributed by atoms with Gasteiger partial charge in [0.05, 0.1) is 31.1 Å². The first-order chi connectivity index (χ1) is 8.65. The monoisotopic (exact) mass is 257 g/mol. The molecule has 0 aliphatic heterocycles. The molecule has 0 saturated carbocycles. The topological polar surface area (TPSA) is 67.8 Å². The van der Waals surface area contributed by atoms with Gasteiger partial charge in [0.15, 0.2) is 0 Å². The first-order valence-corrected chi connectivity index (χ1v) is 5.48. The van der Waals surface area contributed by atoms with Crippen LogP contribution in [-0.4, -0.2) is 44.6 Å². The second-order valence-electron chi connectivity index (χ2n) is 3.53. The minimum absolute atomic E-state index is 0.0746. The fraction of sp³-hybridized carbons (Fsp3) is 0.417. The fourth-order valence-electron chi connectivity index (χ4n) is 1.29. The average Bonchev–Trinajstić information content (AvgIpc) is 2.35. The zero-order valence-corrected chi connectivity index (χ0v) is 10.1. The molecule has 1 aromatic carbocycles. The number of halogens is 1. The van der Waals surface area contributed by atoms with Gasteiger partial charge < -0.3 is 19.9 Å². The molecule has 6 heteroatoms. The van der Waals surface area contributed by atoms with E-state index in [1.807, 2.05) is 0 Å². The first kappa shape index (κ1) is 14.4. The summed E-state index contributed by atoms with van der Waals surface area (Å²) in [6, 6.07) is 3.73. The van der Waals surface area contributed by atoms with Crippen LogP contribution in [0.15, 0.2) is 18.2 Å². The van der Waals surface area contributed by atoms with E-state index in [9.17, 15) is 9.18 Å². The summed E-state index contributed by atoms with van der Waals surface area (Å²) >= 11 is 0. The Hall–Kier alpha value is -1.66. The van der Waals surface area contributed by atoms with E-state index in [4.69, 9.17) is 14.6 Å². The number of ether oxygens (including phenoxy) is 2. The summed E-state index contributed by atoms with van der Waals surface area (Å²) in [5, 5.41) is 11.5. The van der Waals surface area contributed by atoms with Gasteiger partial charge in [0, 0.05) is 13.7 Å². The van der Waals surface area contributed by atoms with Gasteiger partial charge in [-0.1, -0.05) is 0 Å². The van der Waals surface area contributed by atoms with Gasteiger partial charge in [-0.3, -0.25) is 0 Å². The highest BCUT2D eigenvalue weighted by molar-refractivity contribution is 5.88. The molecule has 0 aliphatic rings. The molecule has 0 bridgehead atoms. The smallest absolute Gasteiger partial charge is 0.335 e. The maximum Gasteiger partial charge on any atom is 0.335 e. The van der Waals surface area contributed by atoms with Gasteiger partial charge in [0.25, 0.3) is 0 Å². The Morgan fingerprint density at radius 1 is 1.39 bits per heavy atom. The molecule has 2 N–H and O–H groups in total. The minimum Gasteiger partial charge on any atom is -0.478 e. The van der Waals surface area contributed by atoms with Crippen LogP contribution in [0.25, 0.3) is 0 Å². The van der Waals surface area contributed by atoms with Crippen LogP contribution in [0.4, 0.5) is 10.1 Å². The summed E-state index contributed by atoms with van der Waals surface area (Å²) in [4.78, 5) is 10.6. The Labute approximate surface area is 105 Å². The van der Waals surface area contributed by atoms with E-state index in [-0.39, 0.29) is 11.3 Å². The molecule has 100 valence electrons. The standard InChI is InChI=1S/C12H16FNO4/c1-17-6-7-18-5-4-14-11-3-2-9(12(15)16)8-10(11)13/h2-3,8,14H,4-7H2,1H3,(H,15,16). The van der Waals surface area contributed by atoms with E-state index in [0.29, 0.717) is 26.4 Å². The van der Waals surface area contributed by atoms with Crippen LogP contribution in [0.1, 0.15) is 10.4 Å².